The zero-order valence-electron chi connectivity index (χ0n) is 23.1. The van der Waals surface area contributed by atoms with Crippen LogP contribution in [-0.2, 0) is 17.8 Å². The Morgan fingerprint density at radius 3 is 2.29 bits per heavy atom. The molecule has 4 aromatic rings. The van der Waals surface area contributed by atoms with Gasteiger partial charge < -0.3 is 29.0 Å². The highest BCUT2D eigenvalue weighted by atomic mass is 16.5. The molecule has 1 N–H and O–H groups in total. The van der Waals surface area contributed by atoms with E-state index in [2.05, 4.69) is 10.5 Å². The molecule has 1 aromatic heterocycles. The molecule has 0 saturated carbocycles. The second-order valence-corrected chi connectivity index (χ2v) is 9.02. The molecule has 41 heavy (non-hydrogen) atoms. The van der Waals surface area contributed by atoms with E-state index in [-0.39, 0.29) is 18.1 Å². The molecule has 3 aromatic carbocycles. The lowest BCUT2D eigenvalue weighted by Gasteiger charge is -2.22. The molecule has 212 valence electrons. The minimum absolute atomic E-state index is 0.0194. The lowest BCUT2D eigenvalue weighted by atomic mass is 10.1. The number of aromatic nitrogens is 1. The van der Waals surface area contributed by atoms with Gasteiger partial charge in [0, 0.05) is 23.9 Å². The van der Waals surface area contributed by atoms with E-state index in [0.717, 1.165) is 11.3 Å². The highest BCUT2D eigenvalue weighted by Gasteiger charge is 2.22. The highest BCUT2D eigenvalue weighted by Crippen LogP contribution is 2.24. The number of amides is 2. The number of hydrogen-bond donors (Lipinski definition) is 1. The predicted octanol–water partition coefficient (Wildman–Crippen LogP) is 5.04. The van der Waals surface area contributed by atoms with Gasteiger partial charge in [-0.3, -0.25) is 9.59 Å². The van der Waals surface area contributed by atoms with Crippen LogP contribution in [0.3, 0.4) is 0 Å². The second kappa shape index (κ2) is 13.8. The molecule has 0 saturated heterocycles. The molecule has 0 unspecified atom stereocenters. The molecule has 0 fully saturated rings. The van der Waals surface area contributed by atoms with Crippen LogP contribution in [0.4, 0.5) is 5.69 Å². The van der Waals surface area contributed by atoms with Gasteiger partial charge in [0.25, 0.3) is 11.8 Å². The van der Waals surface area contributed by atoms with E-state index in [4.69, 9.17) is 18.7 Å². The minimum atomic E-state index is -0.440. The monoisotopic (exact) mass is 557 g/mol. The standard InChI is InChI=1S/C31H31N3O7/c1-4-16-40-31(37)22-10-12-24(13-11-22)34(30(36)23-6-5-7-26(17-23)39-3)20-27-18-28(33-41-27)29(35)32-19-21-8-14-25(38-2)15-9-21/h5-15,17-18H,4,16,19-20H2,1-3H3,(H,32,35). The van der Waals surface area contributed by atoms with Gasteiger partial charge in [-0.05, 0) is 66.6 Å². The Labute approximate surface area is 237 Å². The third-order valence-corrected chi connectivity index (χ3v) is 6.13. The first kappa shape index (κ1) is 28.9. The van der Waals surface area contributed by atoms with Crippen LogP contribution in [0.2, 0.25) is 0 Å². The molecule has 1 heterocycles. The van der Waals surface area contributed by atoms with Crippen LogP contribution in [-0.4, -0.2) is 43.8 Å². The van der Waals surface area contributed by atoms with Crippen LogP contribution in [0, 0.1) is 0 Å². The van der Waals surface area contributed by atoms with Crippen LogP contribution in [0.1, 0.15) is 55.9 Å². The SMILES string of the molecule is CCCOC(=O)c1ccc(N(Cc2cc(C(=O)NCc3ccc(OC)cc3)no2)C(=O)c2cccc(OC)c2)cc1. The van der Waals surface area contributed by atoms with Crippen molar-refractivity contribution in [3.05, 3.63) is 107 Å². The van der Waals surface area contributed by atoms with Gasteiger partial charge in [-0.2, -0.15) is 0 Å². The van der Waals surface area contributed by atoms with Crippen molar-refractivity contribution in [2.45, 2.75) is 26.4 Å². The number of esters is 1. The molecule has 0 atom stereocenters. The maximum absolute atomic E-state index is 13.7. The summed E-state index contributed by atoms with van der Waals surface area (Å²) in [6.45, 7) is 2.51. The summed E-state index contributed by atoms with van der Waals surface area (Å²) in [4.78, 5) is 40.1. The molecule has 0 radical (unpaired) electrons. The number of methoxy groups -OCH3 is 2. The van der Waals surface area contributed by atoms with Crippen molar-refractivity contribution >= 4 is 23.5 Å². The lowest BCUT2D eigenvalue weighted by molar-refractivity contribution is 0.0505. The van der Waals surface area contributed by atoms with Gasteiger partial charge in [0.2, 0.25) is 0 Å². The van der Waals surface area contributed by atoms with Crippen molar-refractivity contribution < 1.29 is 33.1 Å². The number of nitrogens with zero attached hydrogens (tertiary/aromatic N) is 2. The largest absolute Gasteiger partial charge is 0.497 e. The van der Waals surface area contributed by atoms with Crippen LogP contribution in [0.25, 0.3) is 0 Å². The summed E-state index contributed by atoms with van der Waals surface area (Å²) < 4.78 is 21.1. The average molecular weight is 558 g/mol. The number of hydrogen-bond acceptors (Lipinski definition) is 8. The van der Waals surface area contributed by atoms with Crippen LogP contribution in [0.5, 0.6) is 11.5 Å². The molecule has 0 bridgehead atoms. The van der Waals surface area contributed by atoms with Gasteiger partial charge in [0.1, 0.15) is 11.5 Å². The van der Waals surface area contributed by atoms with Crippen LogP contribution in [0.15, 0.2) is 83.4 Å². The smallest absolute Gasteiger partial charge is 0.338 e. The Bertz CT molecular complexity index is 1480. The van der Waals surface area contributed by atoms with Crippen LogP contribution >= 0.6 is 0 Å². The quantitative estimate of drug-likeness (QED) is 0.241. The normalized spacial score (nSPS) is 10.5. The van der Waals surface area contributed by atoms with E-state index in [1.165, 1.54) is 18.1 Å². The van der Waals surface area contributed by atoms with Crippen molar-refractivity contribution in [1.82, 2.24) is 10.5 Å². The molecule has 0 spiro atoms. The number of carbonyl (C=O) groups is 3. The van der Waals surface area contributed by atoms with Crippen molar-refractivity contribution in [2.24, 2.45) is 0 Å². The van der Waals surface area contributed by atoms with Gasteiger partial charge >= 0.3 is 5.97 Å². The van der Waals surface area contributed by atoms with Gasteiger partial charge in [-0.25, -0.2) is 4.79 Å². The van der Waals surface area contributed by atoms with Crippen LogP contribution < -0.4 is 19.7 Å². The first-order valence-corrected chi connectivity index (χ1v) is 13.0. The molecule has 0 aliphatic rings. The number of ether oxygens (including phenoxy) is 3. The fraction of sp³-hybridized carbons (Fsp3) is 0.226. The minimum Gasteiger partial charge on any atom is -0.497 e. The molecule has 0 aliphatic carbocycles. The summed E-state index contributed by atoms with van der Waals surface area (Å²) in [7, 11) is 3.11. The number of carbonyl (C=O) groups excluding carboxylic acids is 3. The van der Waals surface area contributed by atoms with Crippen molar-refractivity contribution in [3.8, 4) is 11.5 Å². The fourth-order valence-corrected chi connectivity index (χ4v) is 3.91. The first-order chi connectivity index (χ1) is 19.9. The van der Waals surface area contributed by atoms with Crippen molar-refractivity contribution in [2.75, 3.05) is 25.7 Å². The zero-order chi connectivity index (χ0) is 29.2. The van der Waals surface area contributed by atoms with Gasteiger partial charge in [-0.1, -0.05) is 30.3 Å². The fourth-order valence-electron chi connectivity index (χ4n) is 3.91. The summed E-state index contributed by atoms with van der Waals surface area (Å²) in [5.41, 5.74) is 2.22. The average Bonchev–Trinajstić information content (AvgIpc) is 3.50. The molecule has 10 heteroatoms. The third kappa shape index (κ3) is 7.51. The van der Waals surface area contributed by atoms with Crippen molar-refractivity contribution in [1.29, 1.82) is 0 Å². The summed E-state index contributed by atoms with van der Waals surface area (Å²) in [6, 6.07) is 22.1. The van der Waals surface area contributed by atoms with Crippen molar-refractivity contribution in [3.63, 3.8) is 0 Å². The third-order valence-electron chi connectivity index (χ3n) is 6.13. The van der Waals surface area contributed by atoms with E-state index in [1.807, 2.05) is 31.2 Å². The zero-order valence-corrected chi connectivity index (χ0v) is 23.1. The van der Waals surface area contributed by atoms with Gasteiger partial charge in [0.05, 0.1) is 32.9 Å². The highest BCUT2D eigenvalue weighted by molar-refractivity contribution is 6.06. The number of rotatable bonds is 12. The van der Waals surface area contributed by atoms with E-state index in [1.54, 1.807) is 55.6 Å². The first-order valence-electron chi connectivity index (χ1n) is 13.0. The van der Waals surface area contributed by atoms with E-state index in [0.29, 0.717) is 47.9 Å². The second-order valence-electron chi connectivity index (χ2n) is 9.02. The van der Waals surface area contributed by atoms with E-state index < -0.39 is 11.9 Å². The van der Waals surface area contributed by atoms with Gasteiger partial charge in [0.15, 0.2) is 11.5 Å². The van der Waals surface area contributed by atoms with E-state index >= 15 is 0 Å². The topological polar surface area (TPSA) is 120 Å². The Hall–Kier alpha value is -5.12. The maximum Gasteiger partial charge on any atom is 0.338 e. The molecule has 10 nitrogen and oxygen atoms in total. The molecular weight excluding hydrogens is 526 g/mol. The van der Waals surface area contributed by atoms with E-state index in [9.17, 15) is 14.4 Å². The Balaban J connectivity index is 1.52. The Morgan fingerprint density at radius 2 is 1.61 bits per heavy atom. The molecule has 4 rings (SSSR count). The Morgan fingerprint density at radius 1 is 0.878 bits per heavy atom. The Kier molecular flexibility index (Phi) is 9.71. The summed E-state index contributed by atoms with van der Waals surface area (Å²) in [5, 5.41) is 6.70. The summed E-state index contributed by atoms with van der Waals surface area (Å²) in [6.07, 6.45) is 0.714. The summed E-state index contributed by atoms with van der Waals surface area (Å²) in [5.74, 6) is 0.344. The lowest BCUT2D eigenvalue weighted by Crippen LogP contribution is -2.30. The molecule has 2 amide bonds. The summed E-state index contributed by atoms with van der Waals surface area (Å²) >= 11 is 0. The maximum atomic E-state index is 13.7. The van der Waals surface area contributed by atoms with Gasteiger partial charge in [-0.15, -0.1) is 0 Å². The molecular formula is C31H31N3O7. The number of benzene rings is 3. The number of anilines is 1. The number of nitrogens with one attached hydrogen (secondary N) is 1. The molecule has 0 aliphatic heterocycles. The predicted molar refractivity (Wildman–Crippen MR) is 151 cm³/mol.